The number of nitrogens with zero attached hydrogens (tertiary/aromatic N) is 2. The number of rotatable bonds is 6. The van der Waals surface area contributed by atoms with Gasteiger partial charge in [0.05, 0.1) is 7.11 Å². The predicted octanol–water partition coefficient (Wildman–Crippen LogP) is 2.53. The van der Waals surface area contributed by atoms with Gasteiger partial charge in [0.2, 0.25) is 0 Å². The Morgan fingerprint density at radius 3 is 2.43 bits per heavy atom. The van der Waals surface area contributed by atoms with E-state index in [1.807, 2.05) is 32.0 Å². The van der Waals surface area contributed by atoms with Crippen LogP contribution in [0.4, 0.5) is 0 Å². The van der Waals surface area contributed by atoms with E-state index < -0.39 is 10.2 Å². The monoisotopic (exact) mass is 340 g/mol. The standard InChI is InChI=1S/C17H28N2O3S/c1-14(2)18(3)23(20,21)19-11-9-15(10-12-19)13-16-7-5-6-8-17(16)22-4/h5-8,14-15H,9-13H2,1-4H3. The number of hydrogen-bond acceptors (Lipinski definition) is 3. The van der Waals surface area contributed by atoms with Gasteiger partial charge >= 0.3 is 0 Å². The van der Waals surface area contributed by atoms with Gasteiger partial charge in [-0.25, -0.2) is 0 Å². The number of para-hydroxylation sites is 1. The number of piperidine rings is 1. The van der Waals surface area contributed by atoms with E-state index in [1.54, 1.807) is 18.5 Å². The first-order valence-electron chi connectivity index (χ1n) is 8.21. The van der Waals surface area contributed by atoms with Crippen molar-refractivity contribution in [1.82, 2.24) is 8.61 Å². The van der Waals surface area contributed by atoms with Crippen molar-refractivity contribution in [2.45, 2.75) is 39.2 Å². The molecule has 1 aliphatic rings. The maximum atomic E-state index is 12.5. The third kappa shape index (κ3) is 4.25. The Balaban J connectivity index is 1.96. The number of ether oxygens (including phenoxy) is 1. The Bertz CT molecular complexity index is 608. The van der Waals surface area contributed by atoms with Crippen LogP contribution in [0, 0.1) is 5.92 Å². The largest absolute Gasteiger partial charge is 0.496 e. The van der Waals surface area contributed by atoms with Gasteiger partial charge in [0.15, 0.2) is 0 Å². The molecule has 23 heavy (non-hydrogen) atoms. The van der Waals surface area contributed by atoms with Crippen LogP contribution in [0.25, 0.3) is 0 Å². The second-order valence-electron chi connectivity index (χ2n) is 6.48. The van der Waals surface area contributed by atoms with Crippen LogP contribution in [0.15, 0.2) is 24.3 Å². The van der Waals surface area contributed by atoms with Crippen LogP contribution >= 0.6 is 0 Å². The predicted molar refractivity (Wildman–Crippen MR) is 92.8 cm³/mol. The van der Waals surface area contributed by atoms with E-state index in [9.17, 15) is 8.42 Å². The van der Waals surface area contributed by atoms with E-state index in [0.29, 0.717) is 19.0 Å². The van der Waals surface area contributed by atoms with E-state index in [4.69, 9.17) is 4.74 Å². The van der Waals surface area contributed by atoms with Crippen molar-refractivity contribution in [1.29, 1.82) is 0 Å². The zero-order chi connectivity index (χ0) is 17.0. The third-order valence-corrected chi connectivity index (χ3v) is 6.86. The normalized spacial score (nSPS) is 17.8. The molecule has 0 unspecified atom stereocenters. The summed E-state index contributed by atoms with van der Waals surface area (Å²) in [7, 11) is 0.0155. The van der Waals surface area contributed by atoms with Crippen LogP contribution in [0.5, 0.6) is 5.75 Å². The minimum absolute atomic E-state index is 0.0219. The van der Waals surface area contributed by atoms with Gasteiger partial charge in [-0.2, -0.15) is 17.0 Å². The highest BCUT2D eigenvalue weighted by atomic mass is 32.2. The van der Waals surface area contributed by atoms with Gasteiger partial charge in [-0.05, 0) is 50.7 Å². The lowest BCUT2D eigenvalue weighted by molar-refractivity contribution is 0.251. The van der Waals surface area contributed by atoms with Crippen molar-refractivity contribution in [2.75, 3.05) is 27.2 Å². The SMILES string of the molecule is COc1ccccc1CC1CCN(S(=O)(=O)N(C)C(C)C)CC1. The van der Waals surface area contributed by atoms with Crippen molar-refractivity contribution in [3.05, 3.63) is 29.8 Å². The van der Waals surface area contributed by atoms with Crippen LogP contribution < -0.4 is 4.74 Å². The molecule has 0 N–H and O–H groups in total. The van der Waals surface area contributed by atoms with Crippen LogP contribution in [-0.4, -0.2) is 50.3 Å². The summed E-state index contributed by atoms with van der Waals surface area (Å²) >= 11 is 0. The van der Waals surface area contributed by atoms with Crippen molar-refractivity contribution in [3.8, 4) is 5.75 Å². The lowest BCUT2D eigenvalue weighted by Gasteiger charge is -2.35. The van der Waals surface area contributed by atoms with Crippen LogP contribution in [0.3, 0.4) is 0 Å². The molecule has 1 aromatic carbocycles. The van der Waals surface area contributed by atoms with Gasteiger partial charge in [0.1, 0.15) is 5.75 Å². The molecular weight excluding hydrogens is 312 g/mol. The molecule has 1 aromatic rings. The van der Waals surface area contributed by atoms with E-state index in [2.05, 4.69) is 6.07 Å². The van der Waals surface area contributed by atoms with Gasteiger partial charge in [0, 0.05) is 26.2 Å². The van der Waals surface area contributed by atoms with Crippen molar-refractivity contribution >= 4 is 10.2 Å². The minimum atomic E-state index is -3.33. The Morgan fingerprint density at radius 1 is 1.26 bits per heavy atom. The smallest absolute Gasteiger partial charge is 0.281 e. The first kappa shape index (κ1) is 18.2. The highest BCUT2D eigenvalue weighted by Gasteiger charge is 2.32. The molecule has 0 saturated carbocycles. The summed E-state index contributed by atoms with van der Waals surface area (Å²) in [5.74, 6) is 1.42. The number of hydrogen-bond donors (Lipinski definition) is 0. The molecule has 0 radical (unpaired) electrons. The van der Waals surface area contributed by atoms with E-state index in [0.717, 1.165) is 25.0 Å². The highest BCUT2D eigenvalue weighted by molar-refractivity contribution is 7.86. The molecule has 0 bridgehead atoms. The maximum Gasteiger partial charge on any atom is 0.281 e. The number of benzene rings is 1. The fourth-order valence-corrected chi connectivity index (χ4v) is 4.54. The molecule has 1 fully saturated rings. The van der Waals surface area contributed by atoms with Gasteiger partial charge in [-0.3, -0.25) is 0 Å². The molecule has 5 nitrogen and oxygen atoms in total. The summed E-state index contributed by atoms with van der Waals surface area (Å²) in [6, 6.07) is 8.04. The highest BCUT2D eigenvalue weighted by Crippen LogP contribution is 2.28. The molecule has 1 heterocycles. The minimum Gasteiger partial charge on any atom is -0.496 e. The molecule has 0 amide bonds. The molecular formula is C17H28N2O3S. The zero-order valence-corrected chi connectivity index (χ0v) is 15.3. The van der Waals surface area contributed by atoms with Crippen molar-refractivity contribution in [2.24, 2.45) is 5.92 Å². The quantitative estimate of drug-likeness (QED) is 0.799. The first-order valence-corrected chi connectivity index (χ1v) is 9.61. The Hall–Kier alpha value is -1.11. The summed E-state index contributed by atoms with van der Waals surface area (Å²) in [5, 5.41) is 0. The third-order valence-electron chi connectivity index (χ3n) is 4.69. The first-order chi connectivity index (χ1) is 10.9. The molecule has 0 spiro atoms. The topological polar surface area (TPSA) is 49.9 Å². The van der Waals surface area contributed by atoms with Gasteiger partial charge < -0.3 is 4.74 Å². The summed E-state index contributed by atoms with van der Waals surface area (Å²) < 4.78 is 33.5. The van der Waals surface area contributed by atoms with E-state index in [-0.39, 0.29) is 6.04 Å². The van der Waals surface area contributed by atoms with Gasteiger partial charge in [-0.15, -0.1) is 0 Å². The molecule has 1 aliphatic heterocycles. The second kappa shape index (κ2) is 7.64. The maximum absolute atomic E-state index is 12.5. The summed E-state index contributed by atoms with van der Waals surface area (Å²) in [6.45, 7) is 4.98. The van der Waals surface area contributed by atoms with Gasteiger partial charge in [-0.1, -0.05) is 18.2 Å². The lowest BCUT2D eigenvalue weighted by Crippen LogP contribution is -2.48. The fraction of sp³-hybridized carbons (Fsp3) is 0.647. The van der Waals surface area contributed by atoms with Crippen LogP contribution in [0.1, 0.15) is 32.3 Å². The molecule has 6 heteroatoms. The van der Waals surface area contributed by atoms with E-state index >= 15 is 0 Å². The Labute approximate surface area is 140 Å². The molecule has 0 aliphatic carbocycles. The molecule has 0 aromatic heterocycles. The number of methoxy groups -OCH3 is 1. The zero-order valence-electron chi connectivity index (χ0n) is 14.5. The summed E-state index contributed by atoms with van der Waals surface area (Å²) in [5.41, 5.74) is 1.20. The van der Waals surface area contributed by atoms with Crippen LogP contribution in [-0.2, 0) is 16.6 Å². The molecule has 130 valence electrons. The molecule has 1 saturated heterocycles. The molecule has 2 rings (SSSR count). The summed E-state index contributed by atoms with van der Waals surface area (Å²) in [4.78, 5) is 0. The average Bonchev–Trinajstić information content (AvgIpc) is 2.55. The van der Waals surface area contributed by atoms with Crippen molar-refractivity contribution < 1.29 is 13.2 Å². The second-order valence-corrected chi connectivity index (χ2v) is 8.46. The lowest BCUT2D eigenvalue weighted by atomic mass is 9.90. The van der Waals surface area contributed by atoms with Crippen LogP contribution in [0.2, 0.25) is 0 Å². The Kier molecular flexibility index (Phi) is 6.06. The molecule has 0 atom stereocenters. The van der Waals surface area contributed by atoms with Gasteiger partial charge in [0.25, 0.3) is 10.2 Å². The summed E-state index contributed by atoms with van der Waals surface area (Å²) in [6.07, 6.45) is 2.73. The van der Waals surface area contributed by atoms with E-state index in [1.165, 1.54) is 9.87 Å². The van der Waals surface area contributed by atoms with Crippen molar-refractivity contribution in [3.63, 3.8) is 0 Å². The fourth-order valence-electron chi connectivity index (χ4n) is 2.98. The Morgan fingerprint density at radius 2 is 1.87 bits per heavy atom. The average molecular weight is 340 g/mol.